The van der Waals surface area contributed by atoms with E-state index >= 15 is 0 Å². The predicted molar refractivity (Wildman–Crippen MR) is 68.9 cm³/mol. The lowest BCUT2D eigenvalue weighted by Gasteiger charge is -2.08. The molecule has 2 rings (SSSR count). The van der Waals surface area contributed by atoms with Gasteiger partial charge in [0.25, 0.3) is 0 Å². The zero-order valence-corrected chi connectivity index (χ0v) is 10.4. The van der Waals surface area contributed by atoms with Crippen LogP contribution in [0, 0.1) is 0 Å². The van der Waals surface area contributed by atoms with Gasteiger partial charge in [0.05, 0.1) is 11.6 Å². The predicted octanol–water partition coefficient (Wildman–Crippen LogP) is 4.28. The Morgan fingerprint density at radius 2 is 1.76 bits per heavy atom. The van der Waals surface area contributed by atoms with Crippen LogP contribution >= 0.6 is 23.2 Å². The van der Waals surface area contributed by atoms with Crippen molar-refractivity contribution in [1.82, 2.24) is 0 Å². The molecule has 0 heterocycles. The van der Waals surface area contributed by atoms with Gasteiger partial charge in [-0.2, -0.15) is 0 Å². The minimum absolute atomic E-state index is 0.0921. The van der Waals surface area contributed by atoms with Gasteiger partial charge in [0.2, 0.25) is 0 Å². The van der Waals surface area contributed by atoms with Crippen LogP contribution in [0.2, 0.25) is 10.0 Å². The lowest BCUT2D eigenvalue weighted by molar-refractivity contribution is 0.282. The lowest BCUT2D eigenvalue weighted by atomic mass is 10.2. The largest absolute Gasteiger partial charge is 0.456 e. The second-order valence-electron chi connectivity index (χ2n) is 3.44. The number of ether oxygens (including phenoxy) is 1. The molecule has 17 heavy (non-hydrogen) atoms. The molecule has 2 nitrogen and oxygen atoms in total. The van der Waals surface area contributed by atoms with Crippen LogP contribution in [-0.2, 0) is 6.61 Å². The molecule has 4 heteroatoms. The molecule has 0 saturated carbocycles. The van der Waals surface area contributed by atoms with Gasteiger partial charge in [0.15, 0.2) is 0 Å². The highest BCUT2D eigenvalue weighted by atomic mass is 35.5. The third kappa shape index (κ3) is 2.91. The Hall–Kier alpha value is -1.22. The maximum atomic E-state index is 9.00. The van der Waals surface area contributed by atoms with E-state index in [-0.39, 0.29) is 6.61 Å². The molecule has 0 aromatic heterocycles. The first-order valence-corrected chi connectivity index (χ1v) is 5.78. The smallest absolute Gasteiger partial charge is 0.146 e. The zero-order chi connectivity index (χ0) is 12.3. The van der Waals surface area contributed by atoms with Crippen LogP contribution in [0.5, 0.6) is 11.5 Å². The molecule has 0 unspecified atom stereocenters. The van der Waals surface area contributed by atoms with Crippen molar-refractivity contribution in [2.45, 2.75) is 6.61 Å². The molecule has 0 atom stereocenters. The Labute approximate surface area is 109 Å². The van der Waals surface area contributed by atoms with Gasteiger partial charge in [-0.25, -0.2) is 0 Å². The molecule has 1 N–H and O–H groups in total. The average molecular weight is 269 g/mol. The number of rotatable bonds is 3. The van der Waals surface area contributed by atoms with Gasteiger partial charge >= 0.3 is 0 Å². The van der Waals surface area contributed by atoms with E-state index in [4.69, 9.17) is 33.0 Å². The van der Waals surface area contributed by atoms with E-state index < -0.39 is 0 Å². The summed E-state index contributed by atoms with van der Waals surface area (Å²) in [4.78, 5) is 0. The highest BCUT2D eigenvalue weighted by molar-refractivity contribution is 6.32. The molecule has 0 saturated heterocycles. The average Bonchev–Trinajstić information content (AvgIpc) is 2.32. The maximum Gasteiger partial charge on any atom is 0.146 e. The summed E-state index contributed by atoms with van der Waals surface area (Å²) in [7, 11) is 0. The van der Waals surface area contributed by atoms with Gasteiger partial charge in [-0.05, 0) is 29.8 Å². The van der Waals surface area contributed by atoms with Gasteiger partial charge in [0.1, 0.15) is 11.5 Å². The monoisotopic (exact) mass is 268 g/mol. The number of benzene rings is 2. The van der Waals surface area contributed by atoms with Crippen molar-refractivity contribution in [3.05, 3.63) is 58.1 Å². The first-order chi connectivity index (χ1) is 8.20. The van der Waals surface area contributed by atoms with Crippen LogP contribution in [0.3, 0.4) is 0 Å². The van der Waals surface area contributed by atoms with E-state index in [1.54, 1.807) is 30.3 Å². The van der Waals surface area contributed by atoms with Crippen molar-refractivity contribution < 1.29 is 9.84 Å². The highest BCUT2D eigenvalue weighted by Crippen LogP contribution is 2.31. The second-order valence-corrected chi connectivity index (χ2v) is 4.26. The molecule has 0 amide bonds. The summed E-state index contributed by atoms with van der Waals surface area (Å²) >= 11 is 11.9. The van der Waals surface area contributed by atoms with Crippen molar-refractivity contribution in [1.29, 1.82) is 0 Å². The molecule has 0 aliphatic heterocycles. The number of hydrogen-bond acceptors (Lipinski definition) is 2. The lowest BCUT2D eigenvalue weighted by Crippen LogP contribution is -1.88. The van der Waals surface area contributed by atoms with Gasteiger partial charge in [0, 0.05) is 5.02 Å². The minimum atomic E-state index is -0.0921. The Kier molecular flexibility index (Phi) is 3.89. The Morgan fingerprint density at radius 1 is 1.00 bits per heavy atom. The minimum Gasteiger partial charge on any atom is -0.456 e. The number of para-hydroxylation sites is 1. The summed E-state index contributed by atoms with van der Waals surface area (Å²) in [5.41, 5.74) is 0.665. The van der Waals surface area contributed by atoms with Crippen LogP contribution in [0.1, 0.15) is 5.56 Å². The molecule has 2 aromatic rings. The number of aliphatic hydroxyl groups excluding tert-OH is 1. The number of aliphatic hydroxyl groups is 1. The van der Waals surface area contributed by atoms with Gasteiger partial charge in [-0.3, -0.25) is 0 Å². The molecule has 0 spiro atoms. The summed E-state index contributed by atoms with van der Waals surface area (Å²) in [6.45, 7) is -0.0921. The van der Waals surface area contributed by atoms with Crippen molar-refractivity contribution in [2.24, 2.45) is 0 Å². The summed E-state index contributed by atoms with van der Waals surface area (Å²) in [5, 5.41) is 10.0. The van der Waals surface area contributed by atoms with Crippen LogP contribution in [0.4, 0.5) is 0 Å². The molecule has 0 fully saturated rings. The van der Waals surface area contributed by atoms with E-state index in [0.717, 1.165) is 0 Å². The van der Waals surface area contributed by atoms with Crippen LogP contribution in [-0.4, -0.2) is 5.11 Å². The van der Waals surface area contributed by atoms with E-state index in [1.807, 2.05) is 12.1 Å². The van der Waals surface area contributed by atoms with E-state index in [9.17, 15) is 0 Å². The van der Waals surface area contributed by atoms with Crippen molar-refractivity contribution in [3.8, 4) is 11.5 Å². The standard InChI is InChI=1S/C13H10Cl2O2/c14-11-3-1-2-4-13(11)17-10-6-5-9(8-16)12(15)7-10/h1-7,16H,8H2. The summed E-state index contributed by atoms with van der Waals surface area (Å²) in [5.74, 6) is 1.15. The first-order valence-electron chi connectivity index (χ1n) is 5.02. The fourth-order valence-electron chi connectivity index (χ4n) is 1.37. The molecular formula is C13H10Cl2O2. The summed E-state index contributed by atoms with van der Waals surface area (Å²) in [6.07, 6.45) is 0. The van der Waals surface area contributed by atoms with Crippen molar-refractivity contribution in [2.75, 3.05) is 0 Å². The fraction of sp³-hybridized carbons (Fsp3) is 0.0769. The summed E-state index contributed by atoms with van der Waals surface area (Å²) in [6, 6.07) is 12.3. The topological polar surface area (TPSA) is 29.5 Å². The number of hydrogen-bond donors (Lipinski definition) is 1. The van der Waals surface area contributed by atoms with Gasteiger partial charge in [-0.15, -0.1) is 0 Å². The van der Waals surface area contributed by atoms with E-state index in [2.05, 4.69) is 0 Å². The first kappa shape index (κ1) is 12.2. The molecule has 2 aromatic carbocycles. The number of halogens is 2. The molecular weight excluding hydrogens is 259 g/mol. The van der Waals surface area contributed by atoms with Gasteiger partial charge in [-0.1, -0.05) is 41.4 Å². The normalized spacial score (nSPS) is 10.3. The van der Waals surface area contributed by atoms with Gasteiger partial charge < -0.3 is 9.84 Å². The molecule has 0 radical (unpaired) electrons. The third-order valence-corrected chi connectivity index (χ3v) is 2.92. The molecule has 88 valence electrons. The van der Waals surface area contributed by atoms with Crippen molar-refractivity contribution in [3.63, 3.8) is 0 Å². The van der Waals surface area contributed by atoms with E-state index in [0.29, 0.717) is 27.1 Å². The van der Waals surface area contributed by atoms with Crippen LogP contribution < -0.4 is 4.74 Å². The Morgan fingerprint density at radius 3 is 2.41 bits per heavy atom. The fourth-order valence-corrected chi connectivity index (χ4v) is 1.78. The Balaban J connectivity index is 2.25. The Bertz CT molecular complexity index is 527. The molecule has 0 aliphatic rings. The van der Waals surface area contributed by atoms with Crippen LogP contribution in [0.25, 0.3) is 0 Å². The quantitative estimate of drug-likeness (QED) is 0.901. The second kappa shape index (κ2) is 5.41. The highest BCUT2D eigenvalue weighted by Gasteiger charge is 2.05. The van der Waals surface area contributed by atoms with Crippen LogP contribution in [0.15, 0.2) is 42.5 Å². The molecule has 0 aliphatic carbocycles. The maximum absolute atomic E-state index is 9.00. The zero-order valence-electron chi connectivity index (χ0n) is 8.86. The van der Waals surface area contributed by atoms with Crippen molar-refractivity contribution >= 4 is 23.2 Å². The SMILES string of the molecule is OCc1ccc(Oc2ccccc2Cl)cc1Cl. The third-order valence-electron chi connectivity index (χ3n) is 2.26. The summed E-state index contributed by atoms with van der Waals surface area (Å²) < 4.78 is 5.59. The molecule has 0 bridgehead atoms. The van der Waals surface area contributed by atoms with E-state index in [1.165, 1.54) is 0 Å².